The largest absolute Gasteiger partial charge is 0.465 e. The zero-order valence-electron chi connectivity index (χ0n) is 14.9. The maximum atomic E-state index is 11.7. The van der Waals surface area contributed by atoms with Crippen molar-refractivity contribution in [3.8, 4) is 6.07 Å². The van der Waals surface area contributed by atoms with Gasteiger partial charge in [-0.25, -0.2) is 14.8 Å². The van der Waals surface area contributed by atoms with Crippen LogP contribution >= 0.6 is 0 Å². The summed E-state index contributed by atoms with van der Waals surface area (Å²) in [6, 6.07) is 18.0. The molecule has 0 amide bonds. The number of hydrogen-bond donors (Lipinski definition) is 2. The summed E-state index contributed by atoms with van der Waals surface area (Å²) >= 11 is 0. The van der Waals surface area contributed by atoms with E-state index in [2.05, 4.69) is 26.7 Å². The summed E-state index contributed by atoms with van der Waals surface area (Å²) in [6.45, 7) is 1.78. The Morgan fingerprint density at radius 1 is 1.04 bits per heavy atom. The SMILES string of the molecule is COC(=O)c1cccc(Nc2cc(Nc3ccccc3C#N)nc(C)n2)c1. The lowest BCUT2D eigenvalue weighted by Gasteiger charge is -2.11. The van der Waals surface area contributed by atoms with E-state index in [1.807, 2.05) is 18.2 Å². The monoisotopic (exact) mass is 359 g/mol. The van der Waals surface area contributed by atoms with Gasteiger partial charge in [0.25, 0.3) is 0 Å². The van der Waals surface area contributed by atoms with Crippen LogP contribution in [0.25, 0.3) is 0 Å². The highest BCUT2D eigenvalue weighted by Gasteiger charge is 2.08. The van der Waals surface area contributed by atoms with E-state index < -0.39 is 5.97 Å². The van der Waals surface area contributed by atoms with Crippen LogP contribution in [0.15, 0.2) is 54.6 Å². The number of rotatable bonds is 5. The Bertz CT molecular complexity index is 1030. The molecular weight excluding hydrogens is 342 g/mol. The average Bonchev–Trinajstić information content (AvgIpc) is 2.67. The molecule has 0 saturated heterocycles. The number of para-hydroxylation sites is 1. The van der Waals surface area contributed by atoms with E-state index in [0.29, 0.717) is 40.0 Å². The molecule has 2 N–H and O–H groups in total. The summed E-state index contributed by atoms with van der Waals surface area (Å²) in [5.41, 5.74) is 2.32. The van der Waals surface area contributed by atoms with Crippen LogP contribution in [-0.2, 0) is 4.74 Å². The fourth-order valence-electron chi connectivity index (χ4n) is 2.51. The molecule has 134 valence electrons. The Labute approximate surface area is 156 Å². The smallest absolute Gasteiger partial charge is 0.337 e. The van der Waals surface area contributed by atoms with Crippen molar-refractivity contribution < 1.29 is 9.53 Å². The predicted octanol–water partition coefficient (Wildman–Crippen LogP) is 3.93. The number of esters is 1. The van der Waals surface area contributed by atoms with E-state index in [-0.39, 0.29) is 0 Å². The van der Waals surface area contributed by atoms with Crippen molar-refractivity contribution in [2.75, 3.05) is 17.7 Å². The third kappa shape index (κ3) is 4.38. The summed E-state index contributed by atoms with van der Waals surface area (Å²) in [6.07, 6.45) is 0. The van der Waals surface area contributed by atoms with E-state index >= 15 is 0 Å². The molecule has 0 aliphatic heterocycles. The van der Waals surface area contributed by atoms with Gasteiger partial charge in [0.1, 0.15) is 23.5 Å². The maximum Gasteiger partial charge on any atom is 0.337 e. The molecule has 0 radical (unpaired) electrons. The molecule has 1 heterocycles. The molecular formula is C20H17N5O2. The minimum atomic E-state index is -0.409. The highest BCUT2D eigenvalue weighted by Crippen LogP contribution is 2.23. The molecule has 0 fully saturated rings. The number of aromatic nitrogens is 2. The van der Waals surface area contributed by atoms with Gasteiger partial charge in [-0.3, -0.25) is 0 Å². The normalized spacial score (nSPS) is 9.96. The summed E-state index contributed by atoms with van der Waals surface area (Å²) < 4.78 is 4.74. The highest BCUT2D eigenvalue weighted by atomic mass is 16.5. The number of ether oxygens (including phenoxy) is 1. The van der Waals surface area contributed by atoms with Gasteiger partial charge in [-0.2, -0.15) is 5.26 Å². The minimum absolute atomic E-state index is 0.409. The van der Waals surface area contributed by atoms with Gasteiger partial charge in [0.2, 0.25) is 0 Å². The number of nitrogens with zero attached hydrogens (tertiary/aromatic N) is 3. The molecule has 0 spiro atoms. The second kappa shape index (κ2) is 7.97. The summed E-state index contributed by atoms with van der Waals surface area (Å²) in [7, 11) is 1.34. The van der Waals surface area contributed by atoms with Crippen molar-refractivity contribution in [1.82, 2.24) is 9.97 Å². The molecule has 0 aliphatic rings. The lowest BCUT2D eigenvalue weighted by atomic mass is 10.2. The van der Waals surface area contributed by atoms with Crippen LogP contribution in [0.3, 0.4) is 0 Å². The van der Waals surface area contributed by atoms with Crippen molar-refractivity contribution in [3.63, 3.8) is 0 Å². The minimum Gasteiger partial charge on any atom is -0.465 e. The van der Waals surface area contributed by atoms with Gasteiger partial charge in [-0.05, 0) is 37.3 Å². The van der Waals surface area contributed by atoms with E-state index in [9.17, 15) is 10.1 Å². The van der Waals surface area contributed by atoms with Crippen molar-refractivity contribution in [2.45, 2.75) is 6.92 Å². The van der Waals surface area contributed by atoms with E-state index in [1.54, 1.807) is 43.3 Å². The second-order valence-corrected chi connectivity index (χ2v) is 5.67. The van der Waals surface area contributed by atoms with Crippen molar-refractivity contribution >= 4 is 29.0 Å². The molecule has 7 nitrogen and oxygen atoms in total. The number of benzene rings is 2. The summed E-state index contributed by atoms with van der Waals surface area (Å²) in [4.78, 5) is 20.4. The van der Waals surface area contributed by atoms with Crippen LogP contribution in [0.5, 0.6) is 0 Å². The molecule has 3 rings (SSSR count). The zero-order chi connectivity index (χ0) is 19.2. The Balaban J connectivity index is 1.86. The van der Waals surface area contributed by atoms with Gasteiger partial charge in [-0.15, -0.1) is 0 Å². The Hall–Kier alpha value is -3.92. The highest BCUT2D eigenvalue weighted by molar-refractivity contribution is 5.90. The zero-order valence-corrected chi connectivity index (χ0v) is 14.9. The third-order valence-electron chi connectivity index (χ3n) is 3.70. The first-order valence-electron chi connectivity index (χ1n) is 8.16. The van der Waals surface area contributed by atoms with Crippen molar-refractivity contribution in [2.24, 2.45) is 0 Å². The first kappa shape index (κ1) is 17.9. The standard InChI is InChI=1S/C20H17N5O2/c1-13-22-18(24-16-8-5-7-14(10-16)20(26)27-2)11-19(23-13)25-17-9-4-3-6-15(17)12-21/h3-11H,1-2H3,(H2,22,23,24,25). The number of aryl methyl sites for hydroxylation is 1. The summed E-state index contributed by atoms with van der Waals surface area (Å²) in [5.74, 6) is 1.26. The molecule has 0 atom stereocenters. The summed E-state index contributed by atoms with van der Waals surface area (Å²) in [5, 5.41) is 15.5. The first-order chi connectivity index (χ1) is 13.1. The van der Waals surface area contributed by atoms with Crippen molar-refractivity contribution in [1.29, 1.82) is 5.26 Å². The third-order valence-corrected chi connectivity index (χ3v) is 3.70. The van der Waals surface area contributed by atoms with Crippen LogP contribution in [0.1, 0.15) is 21.7 Å². The van der Waals surface area contributed by atoms with Gasteiger partial charge < -0.3 is 15.4 Å². The molecule has 0 unspecified atom stereocenters. The number of carbonyl (C=O) groups excluding carboxylic acids is 1. The van der Waals surface area contributed by atoms with Gasteiger partial charge in [0.05, 0.1) is 23.9 Å². The maximum absolute atomic E-state index is 11.7. The number of nitriles is 1. The quantitative estimate of drug-likeness (QED) is 0.666. The lowest BCUT2D eigenvalue weighted by molar-refractivity contribution is 0.0601. The molecule has 0 bridgehead atoms. The molecule has 2 aromatic carbocycles. The molecule has 0 aliphatic carbocycles. The molecule has 7 heteroatoms. The molecule has 3 aromatic rings. The van der Waals surface area contributed by atoms with Gasteiger partial charge in [0, 0.05) is 11.8 Å². The fourth-order valence-corrected chi connectivity index (χ4v) is 2.51. The van der Waals surface area contributed by atoms with E-state index in [1.165, 1.54) is 7.11 Å². The van der Waals surface area contributed by atoms with E-state index in [0.717, 1.165) is 0 Å². The van der Waals surface area contributed by atoms with Crippen LogP contribution in [0.4, 0.5) is 23.0 Å². The van der Waals surface area contributed by atoms with Gasteiger partial charge >= 0.3 is 5.97 Å². The van der Waals surface area contributed by atoms with E-state index in [4.69, 9.17) is 4.74 Å². The van der Waals surface area contributed by atoms with Crippen LogP contribution in [0, 0.1) is 18.3 Å². The molecule has 27 heavy (non-hydrogen) atoms. The number of anilines is 4. The Morgan fingerprint density at radius 3 is 2.52 bits per heavy atom. The van der Waals surface area contributed by atoms with Crippen molar-refractivity contribution in [3.05, 3.63) is 71.5 Å². The average molecular weight is 359 g/mol. The number of methoxy groups -OCH3 is 1. The molecule has 1 aromatic heterocycles. The predicted molar refractivity (Wildman–Crippen MR) is 102 cm³/mol. The topological polar surface area (TPSA) is 99.9 Å². The second-order valence-electron chi connectivity index (χ2n) is 5.67. The van der Waals surface area contributed by atoms with Crippen LogP contribution in [-0.4, -0.2) is 23.0 Å². The number of carbonyl (C=O) groups is 1. The number of hydrogen-bond acceptors (Lipinski definition) is 7. The molecule has 0 saturated carbocycles. The van der Waals surface area contributed by atoms with Gasteiger partial charge in [0.15, 0.2) is 0 Å². The fraction of sp³-hybridized carbons (Fsp3) is 0.100. The van der Waals surface area contributed by atoms with Crippen LogP contribution < -0.4 is 10.6 Å². The Morgan fingerprint density at radius 2 is 1.78 bits per heavy atom. The van der Waals surface area contributed by atoms with Gasteiger partial charge in [-0.1, -0.05) is 18.2 Å². The number of nitrogens with one attached hydrogen (secondary N) is 2. The van der Waals surface area contributed by atoms with Crippen LogP contribution in [0.2, 0.25) is 0 Å². The lowest BCUT2D eigenvalue weighted by Crippen LogP contribution is -2.04. The first-order valence-corrected chi connectivity index (χ1v) is 8.16. The Kier molecular flexibility index (Phi) is 5.28.